The van der Waals surface area contributed by atoms with Crippen molar-refractivity contribution in [3.8, 4) is 11.8 Å². The molecule has 1 saturated heterocycles. The second-order valence-electron chi connectivity index (χ2n) is 5.77. The molecule has 4 heteroatoms. The molecule has 4 nitrogen and oxygen atoms in total. The third-order valence-corrected chi connectivity index (χ3v) is 4.47. The number of rotatable bonds is 3. The molecule has 2 fully saturated rings. The largest absolute Gasteiger partial charge is 0.342 e. The van der Waals surface area contributed by atoms with E-state index in [0.717, 1.165) is 12.8 Å². The molecule has 0 radical (unpaired) electrons. The van der Waals surface area contributed by atoms with Crippen LogP contribution in [0.2, 0.25) is 0 Å². The van der Waals surface area contributed by atoms with Crippen molar-refractivity contribution in [3.63, 3.8) is 0 Å². The summed E-state index contributed by atoms with van der Waals surface area (Å²) in [5.74, 6) is 6.18. The summed E-state index contributed by atoms with van der Waals surface area (Å²) in [5.41, 5.74) is 0. The van der Waals surface area contributed by atoms with Crippen LogP contribution >= 0.6 is 0 Å². The highest BCUT2D eigenvalue weighted by molar-refractivity contribution is 5.96. The minimum absolute atomic E-state index is 0.0235. The van der Waals surface area contributed by atoms with Crippen LogP contribution in [-0.2, 0) is 9.59 Å². The zero-order chi connectivity index (χ0) is 14.5. The van der Waals surface area contributed by atoms with E-state index in [1.54, 1.807) is 18.7 Å². The summed E-state index contributed by atoms with van der Waals surface area (Å²) in [5, 5.41) is 2.94. The van der Waals surface area contributed by atoms with Gasteiger partial charge in [-0.1, -0.05) is 19.3 Å². The average molecular weight is 276 g/mol. The van der Waals surface area contributed by atoms with Crippen LogP contribution in [0.3, 0.4) is 0 Å². The van der Waals surface area contributed by atoms with E-state index in [1.807, 2.05) is 0 Å². The quantitative estimate of drug-likeness (QED) is 0.798. The van der Waals surface area contributed by atoms with Gasteiger partial charge in [-0.2, -0.15) is 0 Å². The van der Waals surface area contributed by atoms with Crippen molar-refractivity contribution in [2.45, 2.75) is 64.5 Å². The Kier molecular flexibility index (Phi) is 5.05. The molecule has 2 unspecified atom stereocenters. The van der Waals surface area contributed by atoms with Crippen molar-refractivity contribution < 1.29 is 9.59 Å². The molecule has 2 aliphatic rings. The summed E-state index contributed by atoms with van der Waals surface area (Å²) >= 11 is 0. The molecule has 1 N–H and O–H groups in total. The van der Waals surface area contributed by atoms with E-state index in [1.165, 1.54) is 19.3 Å². The predicted molar refractivity (Wildman–Crippen MR) is 77.7 cm³/mol. The Morgan fingerprint density at radius 2 is 1.95 bits per heavy atom. The number of amides is 2. The normalized spacial score (nSPS) is 27.8. The van der Waals surface area contributed by atoms with Crippen LogP contribution in [0.25, 0.3) is 0 Å². The number of hydrogen-bond acceptors (Lipinski definition) is 2. The van der Waals surface area contributed by atoms with Crippen molar-refractivity contribution in [2.75, 3.05) is 6.54 Å². The fourth-order valence-corrected chi connectivity index (χ4v) is 3.24. The first-order valence-electron chi connectivity index (χ1n) is 7.65. The molecule has 2 rings (SSSR count). The first-order chi connectivity index (χ1) is 9.65. The van der Waals surface area contributed by atoms with Crippen LogP contribution in [0.15, 0.2) is 0 Å². The third-order valence-electron chi connectivity index (χ3n) is 4.47. The van der Waals surface area contributed by atoms with Crippen molar-refractivity contribution in [1.29, 1.82) is 0 Å². The highest BCUT2D eigenvalue weighted by Crippen LogP contribution is 2.29. The average Bonchev–Trinajstić information content (AvgIpc) is 2.47. The van der Waals surface area contributed by atoms with Gasteiger partial charge in [0.25, 0.3) is 0 Å². The summed E-state index contributed by atoms with van der Waals surface area (Å²) in [6.07, 6.45) is 6.32. The topological polar surface area (TPSA) is 49.4 Å². The number of nitrogens with zero attached hydrogens (tertiary/aromatic N) is 1. The van der Waals surface area contributed by atoms with Gasteiger partial charge >= 0.3 is 0 Å². The van der Waals surface area contributed by atoms with Gasteiger partial charge in [0, 0.05) is 13.0 Å². The van der Waals surface area contributed by atoms with Crippen LogP contribution < -0.4 is 5.32 Å². The highest BCUT2D eigenvalue weighted by atomic mass is 16.2. The van der Waals surface area contributed by atoms with Crippen LogP contribution in [-0.4, -0.2) is 35.3 Å². The first-order valence-corrected chi connectivity index (χ1v) is 7.65. The Bertz CT molecular complexity index is 429. The van der Waals surface area contributed by atoms with E-state index < -0.39 is 0 Å². The summed E-state index contributed by atoms with van der Waals surface area (Å²) < 4.78 is 0. The fraction of sp³-hybridized carbons (Fsp3) is 0.750. The summed E-state index contributed by atoms with van der Waals surface area (Å²) in [4.78, 5) is 26.4. The third kappa shape index (κ3) is 3.15. The van der Waals surface area contributed by atoms with E-state index in [0.29, 0.717) is 18.9 Å². The molecule has 0 aromatic heterocycles. The summed E-state index contributed by atoms with van der Waals surface area (Å²) in [7, 11) is 0. The number of nitrogens with one attached hydrogen (secondary N) is 1. The van der Waals surface area contributed by atoms with Crippen molar-refractivity contribution in [2.24, 2.45) is 5.92 Å². The molecule has 0 aromatic carbocycles. The van der Waals surface area contributed by atoms with Gasteiger partial charge < -0.3 is 10.2 Å². The van der Waals surface area contributed by atoms with E-state index in [9.17, 15) is 9.59 Å². The van der Waals surface area contributed by atoms with Gasteiger partial charge in [0.05, 0.1) is 0 Å². The Labute approximate surface area is 121 Å². The molecule has 2 amide bonds. The Morgan fingerprint density at radius 1 is 1.25 bits per heavy atom. The van der Waals surface area contributed by atoms with Gasteiger partial charge in [-0.15, -0.1) is 11.8 Å². The molecule has 2 atom stereocenters. The fourth-order valence-electron chi connectivity index (χ4n) is 3.24. The van der Waals surface area contributed by atoms with Gasteiger partial charge in [0.2, 0.25) is 11.8 Å². The molecule has 1 saturated carbocycles. The lowest BCUT2D eigenvalue weighted by molar-refractivity contribution is -0.150. The molecule has 110 valence electrons. The number of piperazine rings is 1. The van der Waals surface area contributed by atoms with Crippen LogP contribution in [0, 0.1) is 17.8 Å². The maximum atomic E-state index is 12.6. The minimum Gasteiger partial charge on any atom is -0.342 e. The molecule has 0 bridgehead atoms. The molecule has 1 aliphatic heterocycles. The monoisotopic (exact) mass is 276 g/mol. The second kappa shape index (κ2) is 6.78. The second-order valence-corrected chi connectivity index (χ2v) is 5.77. The summed E-state index contributed by atoms with van der Waals surface area (Å²) in [6, 6.07) is -0.686. The van der Waals surface area contributed by atoms with E-state index >= 15 is 0 Å². The molecule has 0 aromatic rings. The molecule has 1 aliphatic carbocycles. The van der Waals surface area contributed by atoms with Gasteiger partial charge in [0.15, 0.2) is 0 Å². The van der Waals surface area contributed by atoms with Crippen molar-refractivity contribution in [3.05, 3.63) is 0 Å². The van der Waals surface area contributed by atoms with Crippen LogP contribution in [0.5, 0.6) is 0 Å². The standard InChI is InChI=1S/C16H24N2O2/c1-3-4-8-11-18-12(2)15(19)17-14(16(18)20)13-9-6-5-7-10-13/h12-14H,5-11H2,1-2H3,(H,17,19). The predicted octanol–water partition coefficient (Wildman–Crippen LogP) is 1.70. The molecule has 0 spiro atoms. The number of carbonyl (C=O) groups excluding carboxylic acids is 2. The number of carbonyl (C=O) groups is 2. The molecule has 1 heterocycles. The Morgan fingerprint density at radius 3 is 2.60 bits per heavy atom. The molecular weight excluding hydrogens is 252 g/mol. The van der Waals surface area contributed by atoms with E-state index in [4.69, 9.17) is 0 Å². The first kappa shape index (κ1) is 14.9. The zero-order valence-electron chi connectivity index (χ0n) is 12.4. The van der Waals surface area contributed by atoms with Gasteiger partial charge in [0.1, 0.15) is 12.1 Å². The molecular formula is C16H24N2O2. The maximum absolute atomic E-state index is 12.6. The molecule has 20 heavy (non-hydrogen) atoms. The van der Waals surface area contributed by atoms with Crippen LogP contribution in [0.4, 0.5) is 0 Å². The SMILES string of the molecule is CC#CCCN1C(=O)C(C2CCCCC2)NC(=O)C1C. The maximum Gasteiger partial charge on any atom is 0.246 e. The lowest BCUT2D eigenvalue weighted by atomic mass is 9.82. The van der Waals surface area contributed by atoms with Gasteiger partial charge in [-0.3, -0.25) is 9.59 Å². The van der Waals surface area contributed by atoms with Gasteiger partial charge in [-0.05, 0) is 32.6 Å². The van der Waals surface area contributed by atoms with E-state index in [2.05, 4.69) is 17.2 Å². The van der Waals surface area contributed by atoms with Gasteiger partial charge in [-0.25, -0.2) is 0 Å². The highest BCUT2D eigenvalue weighted by Gasteiger charge is 2.41. The van der Waals surface area contributed by atoms with Crippen molar-refractivity contribution in [1.82, 2.24) is 10.2 Å². The van der Waals surface area contributed by atoms with Crippen molar-refractivity contribution >= 4 is 11.8 Å². The lowest BCUT2D eigenvalue weighted by Crippen LogP contribution is -2.64. The summed E-state index contributed by atoms with van der Waals surface area (Å²) in [6.45, 7) is 4.14. The zero-order valence-corrected chi connectivity index (χ0v) is 12.4. The van der Waals surface area contributed by atoms with E-state index in [-0.39, 0.29) is 23.9 Å². The van der Waals surface area contributed by atoms with Crippen LogP contribution in [0.1, 0.15) is 52.4 Å². The Hall–Kier alpha value is -1.50. The number of hydrogen-bond donors (Lipinski definition) is 1. The minimum atomic E-state index is -0.374. The Balaban J connectivity index is 2.07. The lowest BCUT2D eigenvalue weighted by Gasteiger charge is -2.41. The smallest absolute Gasteiger partial charge is 0.246 e.